The number of nitrogens with one attached hydrogen (secondary N) is 1. The Morgan fingerprint density at radius 1 is 1.32 bits per heavy atom. The molecule has 0 radical (unpaired) electrons. The average Bonchev–Trinajstić information content (AvgIpc) is 2.91. The number of carboxylic acids is 1. The van der Waals surface area contributed by atoms with Crippen LogP contribution in [0.4, 0.5) is 5.69 Å². The predicted octanol–water partition coefficient (Wildman–Crippen LogP) is 2.59. The van der Waals surface area contributed by atoms with Gasteiger partial charge in [0.15, 0.2) is 0 Å². The number of hydrogen-bond acceptors (Lipinski definition) is 5. The summed E-state index contributed by atoms with van der Waals surface area (Å²) in [6.07, 6.45) is 0.579. The zero-order valence-corrected chi connectivity index (χ0v) is 13.1. The Hall–Kier alpha value is -2.41. The summed E-state index contributed by atoms with van der Waals surface area (Å²) in [5.74, 6) is -0.536. The number of carboxylic acid groups (broad SMARTS) is 1. The van der Waals surface area contributed by atoms with Crippen LogP contribution in [0.5, 0.6) is 5.75 Å². The van der Waals surface area contributed by atoms with Gasteiger partial charge in [0.05, 0.1) is 19.2 Å². The molecule has 2 rings (SSSR count). The van der Waals surface area contributed by atoms with Crippen molar-refractivity contribution in [3.05, 3.63) is 39.8 Å². The number of rotatable bonds is 6. The van der Waals surface area contributed by atoms with E-state index in [2.05, 4.69) is 10.3 Å². The lowest BCUT2D eigenvalue weighted by molar-refractivity contribution is -0.115. The number of methoxy groups -OCH3 is 1. The second kappa shape index (κ2) is 7.04. The molecule has 0 atom stereocenters. The fraction of sp³-hybridized carbons (Fsp3) is 0.267. The van der Waals surface area contributed by atoms with Crippen LogP contribution in [0.1, 0.15) is 27.3 Å². The van der Waals surface area contributed by atoms with Crippen LogP contribution in [0.2, 0.25) is 0 Å². The normalized spacial score (nSPS) is 10.3. The summed E-state index contributed by atoms with van der Waals surface area (Å²) in [5.41, 5.74) is 1.17. The standard InChI is InChI=1S/C15H16N2O4S/c1-3-11-14(15(19)20)22-13(17-11)8-12(18)16-9-4-6-10(21-2)7-5-9/h4-7H,3,8H2,1-2H3,(H,16,18)(H,19,20). The number of amides is 1. The number of hydrogen-bond donors (Lipinski definition) is 2. The first-order chi connectivity index (χ1) is 10.5. The van der Waals surface area contributed by atoms with Gasteiger partial charge in [0.2, 0.25) is 5.91 Å². The van der Waals surface area contributed by atoms with Crippen molar-refractivity contribution in [2.45, 2.75) is 19.8 Å². The maximum absolute atomic E-state index is 12.0. The minimum Gasteiger partial charge on any atom is -0.497 e. The van der Waals surface area contributed by atoms with E-state index in [0.29, 0.717) is 28.6 Å². The van der Waals surface area contributed by atoms with Gasteiger partial charge in [0, 0.05) is 5.69 Å². The molecule has 0 aliphatic carbocycles. The molecule has 0 spiro atoms. The lowest BCUT2D eigenvalue weighted by atomic mass is 10.3. The van der Waals surface area contributed by atoms with Gasteiger partial charge in [0.25, 0.3) is 0 Å². The predicted molar refractivity (Wildman–Crippen MR) is 83.8 cm³/mol. The van der Waals surface area contributed by atoms with Gasteiger partial charge in [0.1, 0.15) is 15.6 Å². The highest BCUT2D eigenvalue weighted by atomic mass is 32.1. The van der Waals surface area contributed by atoms with Crippen LogP contribution in [-0.2, 0) is 17.6 Å². The van der Waals surface area contributed by atoms with Crippen LogP contribution in [0.15, 0.2) is 24.3 Å². The number of carbonyl (C=O) groups excluding carboxylic acids is 1. The van der Waals surface area contributed by atoms with Crippen molar-refractivity contribution in [2.75, 3.05) is 12.4 Å². The van der Waals surface area contributed by atoms with Gasteiger partial charge in [-0.25, -0.2) is 9.78 Å². The topological polar surface area (TPSA) is 88.5 Å². The number of aromatic nitrogens is 1. The number of carbonyl (C=O) groups is 2. The molecule has 6 nitrogen and oxygen atoms in total. The number of aromatic carboxylic acids is 1. The quantitative estimate of drug-likeness (QED) is 0.854. The number of ether oxygens (including phenoxy) is 1. The molecule has 0 saturated heterocycles. The van der Waals surface area contributed by atoms with Crippen molar-refractivity contribution in [3.8, 4) is 5.75 Å². The van der Waals surface area contributed by atoms with Gasteiger partial charge in [-0.1, -0.05) is 6.92 Å². The molecule has 22 heavy (non-hydrogen) atoms. The second-order valence-electron chi connectivity index (χ2n) is 4.50. The molecule has 0 unspecified atom stereocenters. The van der Waals surface area contributed by atoms with Crippen molar-refractivity contribution in [1.82, 2.24) is 4.98 Å². The summed E-state index contributed by atoms with van der Waals surface area (Å²) < 4.78 is 5.04. The molecule has 0 saturated carbocycles. The van der Waals surface area contributed by atoms with Crippen molar-refractivity contribution in [1.29, 1.82) is 0 Å². The van der Waals surface area contributed by atoms with Crippen LogP contribution in [0.25, 0.3) is 0 Å². The summed E-state index contributed by atoms with van der Waals surface area (Å²) in [7, 11) is 1.57. The number of benzene rings is 1. The molecule has 7 heteroatoms. The SMILES string of the molecule is CCc1nc(CC(=O)Nc2ccc(OC)cc2)sc1C(=O)O. The van der Waals surface area contributed by atoms with Crippen molar-refractivity contribution >= 4 is 28.9 Å². The molecule has 116 valence electrons. The molecule has 0 bridgehead atoms. The van der Waals surface area contributed by atoms with E-state index < -0.39 is 5.97 Å². The first-order valence-electron chi connectivity index (χ1n) is 6.69. The first-order valence-corrected chi connectivity index (χ1v) is 7.51. The Bertz CT molecular complexity index is 679. The van der Waals surface area contributed by atoms with Gasteiger partial charge >= 0.3 is 5.97 Å². The van der Waals surface area contributed by atoms with Crippen LogP contribution < -0.4 is 10.1 Å². The monoisotopic (exact) mass is 320 g/mol. The molecular formula is C15H16N2O4S. The highest BCUT2D eigenvalue weighted by molar-refractivity contribution is 7.13. The average molecular weight is 320 g/mol. The zero-order valence-electron chi connectivity index (χ0n) is 12.3. The highest BCUT2D eigenvalue weighted by Crippen LogP contribution is 2.20. The maximum atomic E-state index is 12.0. The molecule has 1 aromatic heterocycles. The Morgan fingerprint density at radius 3 is 2.50 bits per heavy atom. The molecule has 1 heterocycles. The van der Waals surface area contributed by atoms with Crippen molar-refractivity contribution < 1.29 is 19.4 Å². The lowest BCUT2D eigenvalue weighted by Crippen LogP contribution is -2.14. The van der Waals surface area contributed by atoms with E-state index in [0.717, 1.165) is 11.3 Å². The van der Waals surface area contributed by atoms with E-state index in [1.807, 2.05) is 6.92 Å². The van der Waals surface area contributed by atoms with E-state index in [-0.39, 0.29) is 17.2 Å². The van der Waals surface area contributed by atoms with Crippen LogP contribution in [0.3, 0.4) is 0 Å². The van der Waals surface area contributed by atoms with Crippen molar-refractivity contribution in [2.24, 2.45) is 0 Å². The lowest BCUT2D eigenvalue weighted by Gasteiger charge is -2.05. The fourth-order valence-electron chi connectivity index (χ4n) is 1.90. The Morgan fingerprint density at radius 2 is 2.00 bits per heavy atom. The Balaban J connectivity index is 2.03. The van der Waals surface area contributed by atoms with Crippen LogP contribution in [-0.4, -0.2) is 29.1 Å². The summed E-state index contributed by atoms with van der Waals surface area (Å²) in [5, 5.41) is 12.3. The molecule has 0 fully saturated rings. The largest absolute Gasteiger partial charge is 0.497 e. The van der Waals surface area contributed by atoms with Crippen LogP contribution in [0, 0.1) is 0 Å². The number of aryl methyl sites for hydroxylation is 1. The Kier molecular flexibility index (Phi) is 5.11. The zero-order chi connectivity index (χ0) is 16.1. The van der Waals surface area contributed by atoms with Crippen molar-refractivity contribution in [3.63, 3.8) is 0 Å². The fourth-order valence-corrected chi connectivity index (χ4v) is 2.89. The highest BCUT2D eigenvalue weighted by Gasteiger charge is 2.17. The smallest absolute Gasteiger partial charge is 0.347 e. The summed E-state index contributed by atoms with van der Waals surface area (Å²) in [6, 6.07) is 6.96. The number of anilines is 1. The first kappa shape index (κ1) is 16.0. The molecule has 2 aromatic rings. The van der Waals surface area contributed by atoms with Gasteiger partial charge in [-0.3, -0.25) is 4.79 Å². The van der Waals surface area contributed by atoms with E-state index in [1.54, 1.807) is 31.4 Å². The third-order valence-corrected chi connectivity index (χ3v) is 4.04. The number of thiazole rings is 1. The van der Waals surface area contributed by atoms with Gasteiger partial charge < -0.3 is 15.2 Å². The summed E-state index contributed by atoms with van der Waals surface area (Å²) in [6.45, 7) is 1.84. The minimum absolute atomic E-state index is 0.0526. The molecule has 2 N–H and O–H groups in total. The minimum atomic E-state index is -1.00. The van der Waals surface area contributed by atoms with Gasteiger partial charge in [-0.2, -0.15) is 0 Å². The summed E-state index contributed by atoms with van der Waals surface area (Å²) >= 11 is 1.05. The molecule has 1 amide bonds. The van der Waals surface area contributed by atoms with E-state index in [9.17, 15) is 9.59 Å². The van der Waals surface area contributed by atoms with E-state index in [4.69, 9.17) is 9.84 Å². The molecule has 1 aromatic carbocycles. The van der Waals surface area contributed by atoms with Crippen LogP contribution >= 0.6 is 11.3 Å². The van der Waals surface area contributed by atoms with E-state index in [1.165, 1.54) is 0 Å². The molecule has 0 aliphatic rings. The van der Waals surface area contributed by atoms with E-state index >= 15 is 0 Å². The molecular weight excluding hydrogens is 304 g/mol. The summed E-state index contributed by atoms with van der Waals surface area (Å²) in [4.78, 5) is 27.5. The third kappa shape index (κ3) is 3.82. The number of nitrogens with zero attached hydrogens (tertiary/aromatic N) is 1. The third-order valence-electron chi connectivity index (χ3n) is 2.96. The van der Waals surface area contributed by atoms with Gasteiger partial charge in [-0.15, -0.1) is 11.3 Å². The van der Waals surface area contributed by atoms with Gasteiger partial charge in [-0.05, 0) is 30.7 Å². The molecule has 0 aliphatic heterocycles. The Labute approximate surface area is 131 Å². The maximum Gasteiger partial charge on any atom is 0.347 e. The second-order valence-corrected chi connectivity index (χ2v) is 5.58.